The second-order valence-corrected chi connectivity index (χ2v) is 2.19. The van der Waals surface area contributed by atoms with Gasteiger partial charge < -0.3 is 0 Å². The van der Waals surface area contributed by atoms with Gasteiger partial charge in [-0.15, -0.1) is 10.2 Å². The van der Waals surface area contributed by atoms with E-state index in [0.717, 1.165) is 12.1 Å². The molecular formula is C6H7N5. The monoisotopic (exact) mass is 149 g/mol. The Kier molecular flexibility index (Phi) is 1.28. The molecule has 5 nitrogen and oxygen atoms in total. The number of aryl methyl sites for hydroxylation is 1. The summed E-state index contributed by atoms with van der Waals surface area (Å²) in [7, 11) is 0. The maximum atomic E-state index is 4.19. The second kappa shape index (κ2) is 2.26. The van der Waals surface area contributed by atoms with Crippen LogP contribution in [-0.4, -0.2) is 25.4 Å². The van der Waals surface area contributed by atoms with E-state index < -0.39 is 0 Å². The minimum absolute atomic E-state index is 0.571. The van der Waals surface area contributed by atoms with Gasteiger partial charge in [0.1, 0.15) is 0 Å². The standard InChI is InChI=1S/C6H7N5/c1-2-4-3-7-5-6(8-4)10-11-9-5/h3H,2H2,1H3,(H,7,8,9,10,11). The zero-order valence-corrected chi connectivity index (χ0v) is 6.07. The van der Waals surface area contributed by atoms with Gasteiger partial charge in [-0.2, -0.15) is 5.21 Å². The van der Waals surface area contributed by atoms with Crippen LogP contribution < -0.4 is 0 Å². The second-order valence-electron chi connectivity index (χ2n) is 2.19. The lowest BCUT2D eigenvalue weighted by Crippen LogP contribution is -1.89. The van der Waals surface area contributed by atoms with E-state index in [0.29, 0.717) is 11.3 Å². The molecule has 0 bridgehead atoms. The average Bonchev–Trinajstić information content (AvgIpc) is 2.50. The third kappa shape index (κ3) is 0.938. The van der Waals surface area contributed by atoms with E-state index >= 15 is 0 Å². The Morgan fingerprint density at radius 3 is 3.00 bits per heavy atom. The maximum absolute atomic E-state index is 4.19. The van der Waals surface area contributed by atoms with E-state index in [1.54, 1.807) is 6.20 Å². The first kappa shape index (κ1) is 6.21. The van der Waals surface area contributed by atoms with Crippen LogP contribution >= 0.6 is 0 Å². The molecule has 0 atom stereocenters. The van der Waals surface area contributed by atoms with Gasteiger partial charge in [-0.1, -0.05) is 6.92 Å². The van der Waals surface area contributed by atoms with E-state index in [1.165, 1.54) is 0 Å². The smallest absolute Gasteiger partial charge is 0.221 e. The third-order valence-electron chi connectivity index (χ3n) is 1.46. The van der Waals surface area contributed by atoms with Gasteiger partial charge in [0.25, 0.3) is 0 Å². The normalized spacial score (nSPS) is 10.6. The van der Waals surface area contributed by atoms with E-state index in [1.807, 2.05) is 6.92 Å². The summed E-state index contributed by atoms with van der Waals surface area (Å²) in [5, 5.41) is 10.1. The van der Waals surface area contributed by atoms with Crippen molar-refractivity contribution in [2.45, 2.75) is 13.3 Å². The predicted molar refractivity (Wildman–Crippen MR) is 38.9 cm³/mol. The van der Waals surface area contributed by atoms with Gasteiger partial charge >= 0.3 is 0 Å². The molecule has 2 aromatic rings. The van der Waals surface area contributed by atoms with Crippen molar-refractivity contribution in [1.29, 1.82) is 0 Å². The highest BCUT2D eigenvalue weighted by atomic mass is 15.4. The lowest BCUT2D eigenvalue weighted by atomic mass is 10.3. The molecule has 0 saturated carbocycles. The Balaban J connectivity index is 2.67. The molecule has 0 aliphatic rings. The number of hydrogen-bond acceptors (Lipinski definition) is 4. The first-order chi connectivity index (χ1) is 5.40. The number of nitrogens with one attached hydrogen (secondary N) is 1. The fourth-order valence-electron chi connectivity index (χ4n) is 0.852. The van der Waals surface area contributed by atoms with Crippen molar-refractivity contribution in [3.63, 3.8) is 0 Å². The van der Waals surface area contributed by atoms with Crippen LogP contribution in [0.5, 0.6) is 0 Å². The molecule has 0 aromatic carbocycles. The molecule has 0 spiro atoms. The summed E-state index contributed by atoms with van der Waals surface area (Å²) >= 11 is 0. The molecule has 11 heavy (non-hydrogen) atoms. The molecule has 2 rings (SSSR count). The summed E-state index contributed by atoms with van der Waals surface area (Å²) in [6, 6.07) is 0. The molecular weight excluding hydrogens is 142 g/mol. The Labute approximate surface area is 62.9 Å². The van der Waals surface area contributed by atoms with Gasteiger partial charge in [0.2, 0.25) is 11.3 Å². The SMILES string of the molecule is CCc1cnc2n[nH]nc2n1. The van der Waals surface area contributed by atoms with Crippen LogP contribution in [0.25, 0.3) is 11.3 Å². The number of rotatable bonds is 1. The van der Waals surface area contributed by atoms with E-state index in [2.05, 4.69) is 25.4 Å². The van der Waals surface area contributed by atoms with Crippen molar-refractivity contribution < 1.29 is 0 Å². The van der Waals surface area contributed by atoms with Crippen LogP contribution in [0.3, 0.4) is 0 Å². The minimum atomic E-state index is 0.571. The third-order valence-corrected chi connectivity index (χ3v) is 1.46. The first-order valence-electron chi connectivity index (χ1n) is 3.42. The summed E-state index contributed by atoms with van der Waals surface area (Å²) in [4.78, 5) is 8.23. The lowest BCUT2D eigenvalue weighted by Gasteiger charge is -1.90. The summed E-state index contributed by atoms with van der Waals surface area (Å²) in [6.45, 7) is 2.02. The van der Waals surface area contributed by atoms with Gasteiger partial charge in [0.15, 0.2) is 0 Å². The highest BCUT2D eigenvalue weighted by molar-refractivity contribution is 5.62. The molecule has 0 saturated heterocycles. The number of hydrogen-bond donors (Lipinski definition) is 1. The van der Waals surface area contributed by atoms with Crippen LogP contribution in [-0.2, 0) is 6.42 Å². The van der Waals surface area contributed by atoms with E-state index in [-0.39, 0.29) is 0 Å². The van der Waals surface area contributed by atoms with Gasteiger partial charge in [0.05, 0.1) is 11.9 Å². The highest BCUT2D eigenvalue weighted by Crippen LogP contribution is 2.01. The number of fused-ring (bicyclic) bond motifs is 1. The summed E-state index contributed by atoms with van der Waals surface area (Å²) in [6.07, 6.45) is 2.58. The Bertz CT molecular complexity index is 366. The zero-order chi connectivity index (χ0) is 7.68. The summed E-state index contributed by atoms with van der Waals surface area (Å²) in [5.41, 5.74) is 2.10. The van der Waals surface area contributed by atoms with Crippen LogP contribution in [0.2, 0.25) is 0 Å². The van der Waals surface area contributed by atoms with Gasteiger partial charge in [0, 0.05) is 0 Å². The molecule has 56 valence electrons. The molecule has 0 radical (unpaired) electrons. The zero-order valence-electron chi connectivity index (χ0n) is 6.07. The average molecular weight is 149 g/mol. The molecule has 0 aliphatic heterocycles. The Morgan fingerprint density at radius 1 is 1.36 bits per heavy atom. The van der Waals surface area contributed by atoms with Crippen molar-refractivity contribution >= 4 is 11.3 Å². The van der Waals surface area contributed by atoms with Gasteiger partial charge in [-0.05, 0) is 6.42 Å². The summed E-state index contributed by atoms with van der Waals surface area (Å²) < 4.78 is 0. The first-order valence-corrected chi connectivity index (χ1v) is 3.42. The quantitative estimate of drug-likeness (QED) is 0.633. The molecule has 2 heterocycles. The van der Waals surface area contributed by atoms with Crippen molar-refractivity contribution in [3.8, 4) is 0 Å². The fraction of sp³-hybridized carbons (Fsp3) is 0.333. The predicted octanol–water partition coefficient (Wildman–Crippen LogP) is 0.310. The molecule has 5 heteroatoms. The van der Waals surface area contributed by atoms with E-state index in [4.69, 9.17) is 0 Å². The van der Waals surface area contributed by atoms with Crippen molar-refractivity contribution in [2.24, 2.45) is 0 Å². The Hall–Kier alpha value is -1.52. The van der Waals surface area contributed by atoms with Crippen molar-refractivity contribution in [2.75, 3.05) is 0 Å². The van der Waals surface area contributed by atoms with Crippen LogP contribution in [0.15, 0.2) is 6.20 Å². The van der Waals surface area contributed by atoms with Crippen molar-refractivity contribution in [3.05, 3.63) is 11.9 Å². The van der Waals surface area contributed by atoms with Gasteiger partial charge in [-0.25, -0.2) is 9.97 Å². The molecule has 0 amide bonds. The minimum Gasteiger partial charge on any atom is -0.230 e. The Morgan fingerprint density at radius 2 is 2.18 bits per heavy atom. The van der Waals surface area contributed by atoms with E-state index in [9.17, 15) is 0 Å². The summed E-state index contributed by atoms with van der Waals surface area (Å²) in [5.74, 6) is 0. The maximum Gasteiger partial charge on any atom is 0.221 e. The largest absolute Gasteiger partial charge is 0.230 e. The number of nitrogens with zero attached hydrogens (tertiary/aromatic N) is 4. The lowest BCUT2D eigenvalue weighted by molar-refractivity contribution is 0.949. The molecule has 0 aliphatic carbocycles. The molecule has 0 unspecified atom stereocenters. The number of H-pyrrole nitrogens is 1. The highest BCUT2D eigenvalue weighted by Gasteiger charge is 2.00. The molecule has 2 aromatic heterocycles. The van der Waals surface area contributed by atoms with Crippen LogP contribution in [0.4, 0.5) is 0 Å². The molecule has 1 N–H and O–H groups in total. The van der Waals surface area contributed by atoms with Gasteiger partial charge in [-0.3, -0.25) is 0 Å². The van der Waals surface area contributed by atoms with Crippen LogP contribution in [0.1, 0.15) is 12.6 Å². The fourth-order valence-corrected chi connectivity index (χ4v) is 0.852. The van der Waals surface area contributed by atoms with Crippen LogP contribution in [0, 0.1) is 0 Å². The number of aromatic amines is 1. The topological polar surface area (TPSA) is 67.3 Å². The van der Waals surface area contributed by atoms with Crippen molar-refractivity contribution in [1.82, 2.24) is 25.4 Å². The number of aromatic nitrogens is 5. The molecule has 0 fully saturated rings.